The minimum Gasteiger partial charge on any atom is -0.463 e. The summed E-state index contributed by atoms with van der Waals surface area (Å²) in [4.78, 5) is 175. The molecular weight excluding hydrogens is 1420 g/mol. The van der Waals surface area contributed by atoms with Gasteiger partial charge in [-0.1, -0.05) is 32.1 Å². The molecule has 4 rings (SSSR count). The molecule has 584 valence electrons. The molecule has 0 aromatic heterocycles. The largest absolute Gasteiger partial charge is 0.463 e. The minimum atomic E-state index is -1.84. The van der Waals surface area contributed by atoms with Crippen LogP contribution in [0.3, 0.4) is 0 Å². The molecule has 0 aromatic carbocycles. The third kappa shape index (κ3) is 31.7. The number of thioether (sulfide) groups is 2. The lowest BCUT2D eigenvalue weighted by Gasteiger charge is -2.48. The molecule has 4 fully saturated rings. The van der Waals surface area contributed by atoms with Gasteiger partial charge in [-0.2, -0.15) is 23.5 Å². The van der Waals surface area contributed by atoms with Crippen molar-refractivity contribution in [1.29, 1.82) is 0 Å². The highest BCUT2D eigenvalue weighted by Gasteiger charge is 2.60. The van der Waals surface area contributed by atoms with Crippen LogP contribution in [0.5, 0.6) is 0 Å². The van der Waals surface area contributed by atoms with Crippen molar-refractivity contribution in [2.45, 2.75) is 265 Å². The van der Waals surface area contributed by atoms with Crippen LogP contribution in [0.25, 0.3) is 0 Å². The van der Waals surface area contributed by atoms with Crippen molar-refractivity contribution >= 4 is 107 Å². The van der Waals surface area contributed by atoms with Crippen LogP contribution in [-0.4, -0.2) is 269 Å². The smallest absolute Gasteiger partial charge is 0.303 e. The standard InChI is InChI=1S/C65H96O36S2/c1-32(66)82-28-46-50(86-36(5)70)54(88-38(7)72)60(94-44(13)78)64(98-46)100-52-48(30-84-34(3)68)96-62(58(92-42(11)76)56(52)90-40(9)74)80-22-26-102-24-20-18-16-15-17-19-21-25-103-27-23-81-63-59(93-43(12)77)57(91-41(10)75)53(49(97-63)31-85-35(4)69)101-65-61(95-45(14)79)55(89-39(8)73)51(87-37(6)71)47(99-65)29-83-33(2)67/h46-65H,15-31H2,1-14H3/t46-,47-,48-,49-,50+,51+,52+,53+,54+,55+,56+,57+,58-,59-,60-,61-,62-,63-,64-,65-/m1/s1. The first-order valence-electron chi connectivity index (χ1n) is 33.2. The fourth-order valence-corrected chi connectivity index (χ4v) is 12.8. The first-order valence-corrected chi connectivity index (χ1v) is 35.5. The molecule has 0 unspecified atom stereocenters. The highest BCUT2D eigenvalue weighted by atomic mass is 32.2. The lowest BCUT2D eigenvalue weighted by atomic mass is 9.96. The number of hydrogen-bond acceptors (Lipinski definition) is 38. The topological polar surface area (TPSA) is 442 Å². The van der Waals surface area contributed by atoms with E-state index in [1.54, 1.807) is 23.5 Å². The van der Waals surface area contributed by atoms with Crippen molar-refractivity contribution in [3.63, 3.8) is 0 Å². The zero-order valence-electron chi connectivity index (χ0n) is 60.1. The first kappa shape index (κ1) is 88.4. The van der Waals surface area contributed by atoms with E-state index in [0.717, 1.165) is 153 Å². The summed E-state index contributed by atoms with van der Waals surface area (Å²) in [5, 5.41) is 0. The Bertz CT molecular complexity index is 2660. The van der Waals surface area contributed by atoms with Crippen LogP contribution < -0.4 is 0 Å². The maximum absolute atomic E-state index is 12.9. The van der Waals surface area contributed by atoms with Crippen molar-refractivity contribution in [1.82, 2.24) is 0 Å². The van der Waals surface area contributed by atoms with Crippen LogP contribution in [0, 0.1) is 0 Å². The Morgan fingerprint density at radius 3 is 0.689 bits per heavy atom. The van der Waals surface area contributed by atoms with Gasteiger partial charge in [-0.3, -0.25) is 67.1 Å². The Morgan fingerprint density at radius 2 is 0.437 bits per heavy atom. The molecule has 0 bridgehead atoms. The normalized spacial score (nSPS) is 28.8. The molecular formula is C65H96O36S2. The fourth-order valence-electron chi connectivity index (χ4n) is 11.2. The van der Waals surface area contributed by atoms with E-state index in [-0.39, 0.29) is 13.2 Å². The van der Waals surface area contributed by atoms with E-state index < -0.39 is 233 Å². The summed E-state index contributed by atoms with van der Waals surface area (Å²) in [5.41, 5.74) is 0. The van der Waals surface area contributed by atoms with Gasteiger partial charge >= 0.3 is 83.6 Å². The van der Waals surface area contributed by atoms with Gasteiger partial charge in [0.2, 0.25) is 0 Å². The number of ether oxygens (including phenoxy) is 22. The van der Waals surface area contributed by atoms with Gasteiger partial charge in [0.15, 0.2) is 86.2 Å². The number of hydrogen-bond donors (Lipinski definition) is 0. The summed E-state index contributed by atoms with van der Waals surface area (Å²) < 4.78 is 127. The van der Waals surface area contributed by atoms with Crippen LogP contribution in [0.2, 0.25) is 0 Å². The molecule has 38 heteroatoms. The fraction of sp³-hybridized carbons (Fsp3) is 0.785. The second-order valence-electron chi connectivity index (χ2n) is 23.8. The van der Waals surface area contributed by atoms with E-state index in [4.69, 9.17) is 104 Å². The number of unbranched alkanes of at least 4 members (excludes halogenated alkanes) is 6. The van der Waals surface area contributed by atoms with Gasteiger partial charge in [0.1, 0.15) is 63.1 Å². The zero-order chi connectivity index (χ0) is 76.6. The van der Waals surface area contributed by atoms with Crippen molar-refractivity contribution in [3.05, 3.63) is 0 Å². The number of esters is 14. The van der Waals surface area contributed by atoms with Crippen LogP contribution in [-0.2, 0) is 171 Å². The minimum absolute atomic E-state index is 0.0244. The number of rotatable bonds is 40. The molecule has 20 atom stereocenters. The molecule has 0 aliphatic carbocycles. The summed E-state index contributed by atoms with van der Waals surface area (Å²) in [6, 6.07) is 0. The van der Waals surface area contributed by atoms with Crippen LogP contribution in [0.4, 0.5) is 0 Å². The SMILES string of the molecule is CC(=O)OC[C@H]1O[C@H](O[C@@H]2[C@H](OC(C)=O)[C@@H](OC(C)=O)[C@H](OCCSCCCCCCCCCSCCO[C@@H]3O[C@H](COC(C)=O)[C@H](O[C@H]4O[C@H](COC(C)=O)[C@H](OC(C)=O)[C@H](OC(C)=O)[C@H]4OC(C)=O)[C@H](OC(C)=O)[C@H]3OC(C)=O)O[C@@H]2COC(C)=O)[C@H](OC(C)=O)[C@@H](OC(C)=O)[C@H]1OC(C)=O. The average molecular weight is 1520 g/mol. The first-order chi connectivity index (χ1) is 48.6. The van der Waals surface area contributed by atoms with E-state index in [0.29, 0.717) is 11.5 Å². The Hall–Kier alpha value is -7.04. The van der Waals surface area contributed by atoms with Crippen LogP contribution in [0.1, 0.15) is 142 Å². The van der Waals surface area contributed by atoms with Crippen molar-refractivity contribution in [3.8, 4) is 0 Å². The number of carbonyl (C=O) groups is 14. The molecule has 4 heterocycles. The second-order valence-corrected chi connectivity index (χ2v) is 26.2. The Balaban J connectivity index is 1.33. The van der Waals surface area contributed by atoms with Gasteiger partial charge in [-0.15, -0.1) is 0 Å². The van der Waals surface area contributed by atoms with Crippen molar-refractivity contribution in [2.75, 3.05) is 62.7 Å². The Kier molecular flexibility index (Phi) is 38.9. The molecule has 4 aliphatic heterocycles. The van der Waals surface area contributed by atoms with E-state index in [1.165, 1.54) is 0 Å². The highest BCUT2D eigenvalue weighted by molar-refractivity contribution is 7.99. The Labute approximate surface area is 603 Å². The molecule has 0 N–H and O–H groups in total. The summed E-state index contributed by atoms with van der Waals surface area (Å²) in [7, 11) is 0. The van der Waals surface area contributed by atoms with Crippen LogP contribution >= 0.6 is 23.5 Å². The molecule has 0 amide bonds. The Morgan fingerprint density at radius 1 is 0.233 bits per heavy atom. The summed E-state index contributed by atoms with van der Waals surface area (Å²) >= 11 is 3.15. The zero-order valence-corrected chi connectivity index (χ0v) is 61.7. The summed E-state index contributed by atoms with van der Waals surface area (Å²) in [6.07, 6.45) is -25.3. The molecule has 0 aromatic rings. The molecule has 103 heavy (non-hydrogen) atoms. The monoisotopic (exact) mass is 1520 g/mol. The predicted octanol–water partition coefficient (Wildman–Crippen LogP) is 2.46. The predicted molar refractivity (Wildman–Crippen MR) is 345 cm³/mol. The molecule has 4 aliphatic rings. The van der Waals surface area contributed by atoms with Crippen molar-refractivity contribution in [2.24, 2.45) is 0 Å². The van der Waals surface area contributed by atoms with Crippen LogP contribution in [0.15, 0.2) is 0 Å². The van der Waals surface area contributed by atoms with Gasteiger partial charge < -0.3 is 104 Å². The quantitative estimate of drug-likeness (QED) is 0.0483. The van der Waals surface area contributed by atoms with E-state index >= 15 is 0 Å². The maximum Gasteiger partial charge on any atom is 0.303 e. The van der Waals surface area contributed by atoms with Gasteiger partial charge in [-0.25, -0.2) is 0 Å². The summed E-state index contributed by atoms with van der Waals surface area (Å²) in [5.74, 6) is -9.72. The molecule has 36 nitrogen and oxygen atoms in total. The van der Waals surface area contributed by atoms with Gasteiger partial charge in [0, 0.05) is 108 Å². The van der Waals surface area contributed by atoms with E-state index in [2.05, 4.69) is 0 Å². The third-order valence-corrected chi connectivity index (χ3v) is 16.9. The van der Waals surface area contributed by atoms with E-state index in [1.807, 2.05) is 0 Å². The van der Waals surface area contributed by atoms with Gasteiger partial charge in [0.05, 0.1) is 13.2 Å². The summed E-state index contributed by atoms with van der Waals surface area (Å²) in [6.45, 7) is 12.6. The van der Waals surface area contributed by atoms with Crippen molar-refractivity contribution < 1.29 is 171 Å². The third-order valence-electron chi connectivity index (χ3n) is 14.9. The molecule has 0 spiro atoms. The lowest BCUT2D eigenvalue weighted by Crippen LogP contribution is -2.67. The van der Waals surface area contributed by atoms with Gasteiger partial charge in [-0.05, 0) is 24.3 Å². The molecule has 0 radical (unpaired) electrons. The average Bonchev–Trinajstić information content (AvgIpc) is 0.774. The van der Waals surface area contributed by atoms with Gasteiger partial charge in [0.25, 0.3) is 0 Å². The molecule has 4 saturated heterocycles. The highest BCUT2D eigenvalue weighted by Crippen LogP contribution is 2.38. The molecule has 0 saturated carbocycles. The second kappa shape index (κ2) is 45.4. The number of carbonyl (C=O) groups excluding carboxylic acids is 14. The van der Waals surface area contributed by atoms with E-state index in [9.17, 15) is 67.1 Å². The lowest BCUT2D eigenvalue weighted by molar-refractivity contribution is -0.360. The maximum atomic E-state index is 12.9.